The van der Waals surface area contributed by atoms with Gasteiger partial charge >= 0.3 is 11.9 Å². The molecule has 1 N–H and O–H groups in total. The van der Waals surface area contributed by atoms with Crippen molar-refractivity contribution in [1.29, 1.82) is 0 Å². The Bertz CT molecular complexity index is 1100. The molecule has 8 heteroatoms. The minimum Gasteiger partial charge on any atom is -0.369 e. The fourth-order valence-corrected chi connectivity index (χ4v) is 4.52. The molecule has 2 heterocycles. The molecule has 4 rings (SSSR count). The van der Waals surface area contributed by atoms with E-state index in [-0.39, 0.29) is 5.69 Å². The summed E-state index contributed by atoms with van der Waals surface area (Å²) in [6, 6.07) is 13.7. The maximum absolute atomic E-state index is 13.0. The number of piperazine rings is 1. The monoisotopic (exact) mass is 446 g/mol. The van der Waals surface area contributed by atoms with Gasteiger partial charge in [-0.1, -0.05) is 24.6 Å². The van der Waals surface area contributed by atoms with Gasteiger partial charge in [0.15, 0.2) is 0 Å². The van der Waals surface area contributed by atoms with Crippen LogP contribution in [0.4, 0.5) is 18.9 Å². The first-order valence-electron chi connectivity index (χ1n) is 11.2. The maximum atomic E-state index is 13.0. The lowest BCUT2D eigenvalue weighted by Gasteiger charge is -2.39. The van der Waals surface area contributed by atoms with Crippen molar-refractivity contribution in [2.24, 2.45) is 0 Å². The fourth-order valence-electron chi connectivity index (χ4n) is 4.52. The molecule has 0 aliphatic carbocycles. The van der Waals surface area contributed by atoms with E-state index < -0.39 is 11.7 Å². The highest BCUT2D eigenvalue weighted by atomic mass is 19.4. The van der Waals surface area contributed by atoms with Gasteiger partial charge in [-0.15, -0.1) is 0 Å². The van der Waals surface area contributed by atoms with Gasteiger partial charge in [-0.25, -0.2) is 4.79 Å². The molecule has 0 bridgehead atoms. The number of hydrogen-bond acceptors (Lipinski definition) is 3. The molecule has 2 aromatic carbocycles. The number of halogens is 3. The van der Waals surface area contributed by atoms with Crippen LogP contribution in [0.25, 0.3) is 11.0 Å². The normalized spacial score (nSPS) is 16.6. The number of para-hydroxylation sites is 2. The Morgan fingerprint density at radius 2 is 1.75 bits per heavy atom. The number of anilines is 1. The Morgan fingerprint density at radius 3 is 2.50 bits per heavy atom. The Kier molecular flexibility index (Phi) is 6.60. The van der Waals surface area contributed by atoms with Crippen molar-refractivity contribution in [3.63, 3.8) is 0 Å². The molecule has 1 aliphatic rings. The topological polar surface area (TPSA) is 44.3 Å². The predicted octanol–water partition coefficient (Wildman–Crippen LogP) is 4.73. The molecule has 1 aliphatic heterocycles. The standard InChI is InChI=1S/C24H29F3N4O/c1-18(7-4-5-12-31-22-11-3-2-10-21(22)28-23(31)32)29-13-15-30(16-14-29)20-9-6-8-19(17-20)24(25,26)27/h2-3,6,8-11,17-18H,4-5,7,12-16H2,1H3,(H,28,32). The number of imidazole rings is 1. The van der Waals surface area contributed by atoms with Crippen molar-refractivity contribution < 1.29 is 13.2 Å². The number of H-pyrrole nitrogens is 1. The second-order valence-electron chi connectivity index (χ2n) is 8.51. The largest absolute Gasteiger partial charge is 0.416 e. The third-order valence-corrected chi connectivity index (χ3v) is 6.41. The highest BCUT2D eigenvalue weighted by Crippen LogP contribution is 2.32. The average molecular weight is 447 g/mol. The molecule has 1 fully saturated rings. The Morgan fingerprint density at radius 1 is 1.00 bits per heavy atom. The number of hydrogen-bond donors (Lipinski definition) is 1. The summed E-state index contributed by atoms with van der Waals surface area (Å²) < 4.78 is 40.8. The van der Waals surface area contributed by atoms with Crippen LogP contribution in [0.1, 0.15) is 31.7 Å². The van der Waals surface area contributed by atoms with Crippen LogP contribution in [0.2, 0.25) is 0 Å². The molecule has 172 valence electrons. The summed E-state index contributed by atoms with van der Waals surface area (Å²) >= 11 is 0. The summed E-state index contributed by atoms with van der Waals surface area (Å²) in [5.41, 5.74) is 1.78. The molecular formula is C24H29F3N4O. The third kappa shape index (κ3) is 5.01. The Labute approximate surface area is 185 Å². The zero-order valence-corrected chi connectivity index (χ0v) is 18.2. The summed E-state index contributed by atoms with van der Waals surface area (Å²) in [6.07, 6.45) is -1.35. The van der Waals surface area contributed by atoms with Crippen LogP contribution in [0.3, 0.4) is 0 Å². The number of unbranched alkanes of at least 4 members (excludes halogenated alkanes) is 1. The van der Waals surface area contributed by atoms with E-state index in [4.69, 9.17) is 0 Å². The molecule has 1 unspecified atom stereocenters. The summed E-state index contributed by atoms with van der Waals surface area (Å²) in [5, 5.41) is 0. The van der Waals surface area contributed by atoms with Crippen LogP contribution in [-0.2, 0) is 12.7 Å². The number of aryl methyl sites for hydroxylation is 1. The molecule has 0 radical (unpaired) electrons. The first kappa shape index (κ1) is 22.5. The molecule has 5 nitrogen and oxygen atoms in total. The van der Waals surface area contributed by atoms with Crippen LogP contribution in [0, 0.1) is 0 Å². The van der Waals surface area contributed by atoms with E-state index in [1.807, 2.05) is 29.2 Å². The molecule has 3 aromatic rings. The predicted molar refractivity (Wildman–Crippen MR) is 121 cm³/mol. The van der Waals surface area contributed by atoms with Crippen molar-refractivity contribution >= 4 is 16.7 Å². The number of benzene rings is 2. The lowest BCUT2D eigenvalue weighted by atomic mass is 10.1. The maximum Gasteiger partial charge on any atom is 0.416 e. The second kappa shape index (κ2) is 9.40. The van der Waals surface area contributed by atoms with Gasteiger partial charge in [0.25, 0.3) is 0 Å². The number of nitrogens with one attached hydrogen (secondary N) is 1. The smallest absolute Gasteiger partial charge is 0.369 e. The van der Waals surface area contributed by atoms with Crippen molar-refractivity contribution in [3.8, 4) is 0 Å². The van der Waals surface area contributed by atoms with Crippen molar-refractivity contribution in [2.45, 2.75) is 44.9 Å². The number of nitrogens with zero attached hydrogens (tertiary/aromatic N) is 3. The minimum absolute atomic E-state index is 0.0648. The molecule has 0 saturated carbocycles. The van der Waals surface area contributed by atoms with Gasteiger partial charge in [-0.3, -0.25) is 9.47 Å². The molecule has 0 amide bonds. The second-order valence-corrected chi connectivity index (χ2v) is 8.51. The number of fused-ring (bicyclic) bond motifs is 1. The first-order valence-corrected chi connectivity index (χ1v) is 11.2. The van der Waals surface area contributed by atoms with Gasteiger partial charge in [-0.2, -0.15) is 13.2 Å². The van der Waals surface area contributed by atoms with E-state index in [1.165, 1.54) is 12.1 Å². The molecule has 32 heavy (non-hydrogen) atoms. The zero-order chi connectivity index (χ0) is 22.7. The number of aromatic amines is 1. The summed E-state index contributed by atoms with van der Waals surface area (Å²) in [4.78, 5) is 19.5. The number of alkyl halides is 3. The van der Waals surface area contributed by atoms with Gasteiger partial charge < -0.3 is 9.88 Å². The van der Waals surface area contributed by atoms with Gasteiger partial charge in [0, 0.05) is 44.5 Å². The molecular weight excluding hydrogens is 417 g/mol. The van der Waals surface area contributed by atoms with Crippen LogP contribution in [-0.4, -0.2) is 46.7 Å². The van der Waals surface area contributed by atoms with Crippen LogP contribution in [0.15, 0.2) is 53.3 Å². The van der Waals surface area contributed by atoms with Crippen LogP contribution < -0.4 is 10.6 Å². The van der Waals surface area contributed by atoms with E-state index in [0.717, 1.165) is 62.5 Å². The number of aromatic nitrogens is 2. The van der Waals surface area contributed by atoms with E-state index in [1.54, 1.807) is 10.6 Å². The van der Waals surface area contributed by atoms with Gasteiger partial charge in [0.2, 0.25) is 0 Å². The van der Waals surface area contributed by atoms with Gasteiger partial charge in [0.05, 0.1) is 16.6 Å². The van der Waals surface area contributed by atoms with Gasteiger partial charge in [0.1, 0.15) is 0 Å². The zero-order valence-electron chi connectivity index (χ0n) is 18.2. The fraction of sp³-hybridized carbons (Fsp3) is 0.458. The highest BCUT2D eigenvalue weighted by molar-refractivity contribution is 5.74. The quantitative estimate of drug-likeness (QED) is 0.534. The molecule has 1 saturated heterocycles. The molecule has 1 aromatic heterocycles. The third-order valence-electron chi connectivity index (χ3n) is 6.41. The Balaban J connectivity index is 1.24. The van der Waals surface area contributed by atoms with Crippen LogP contribution in [0.5, 0.6) is 0 Å². The Hall–Kier alpha value is -2.74. The van der Waals surface area contributed by atoms with Crippen molar-refractivity contribution in [3.05, 3.63) is 64.6 Å². The average Bonchev–Trinajstić information content (AvgIpc) is 3.11. The summed E-state index contributed by atoms with van der Waals surface area (Å²) in [6.45, 7) is 6.00. The summed E-state index contributed by atoms with van der Waals surface area (Å²) in [7, 11) is 0. The number of rotatable bonds is 7. The molecule has 0 spiro atoms. The van der Waals surface area contributed by atoms with E-state index >= 15 is 0 Å². The SMILES string of the molecule is CC(CCCCn1c(=O)[nH]c2ccccc21)N1CCN(c2cccc(C(F)(F)F)c2)CC1. The van der Waals surface area contributed by atoms with Crippen molar-refractivity contribution in [1.82, 2.24) is 14.5 Å². The lowest BCUT2D eigenvalue weighted by molar-refractivity contribution is -0.137. The van der Waals surface area contributed by atoms with E-state index in [2.05, 4.69) is 16.8 Å². The van der Waals surface area contributed by atoms with Crippen LogP contribution >= 0.6 is 0 Å². The first-order chi connectivity index (χ1) is 15.3. The van der Waals surface area contributed by atoms with E-state index in [9.17, 15) is 18.0 Å². The van der Waals surface area contributed by atoms with Crippen molar-refractivity contribution in [2.75, 3.05) is 31.1 Å². The lowest BCUT2D eigenvalue weighted by Crippen LogP contribution is -2.49. The van der Waals surface area contributed by atoms with Gasteiger partial charge in [-0.05, 0) is 50.1 Å². The highest BCUT2D eigenvalue weighted by Gasteiger charge is 2.31. The molecule has 1 atom stereocenters. The summed E-state index contributed by atoms with van der Waals surface area (Å²) in [5.74, 6) is 0. The van der Waals surface area contributed by atoms with E-state index in [0.29, 0.717) is 18.3 Å². The minimum atomic E-state index is -4.32.